The molecule has 0 amide bonds. The second-order valence-corrected chi connectivity index (χ2v) is 14.2. The second kappa shape index (κ2) is 10.0. The molecule has 0 saturated carbocycles. The second-order valence-electron chi connectivity index (χ2n) is 7.18. The maximum atomic E-state index is 2.49. The van der Waals surface area contributed by atoms with Gasteiger partial charge in [-0.05, 0) is 35.7 Å². The van der Waals surface area contributed by atoms with Crippen molar-refractivity contribution in [3.05, 3.63) is 102 Å². The summed E-state index contributed by atoms with van der Waals surface area (Å²) in [4.78, 5) is 2.63. The van der Waals surface area contributed by atoms with Crippen LogP contribution in [0.15, 0.2) is 112 Å². The fraction of sp³-hybridized carbons (Fsp3) is 0.167. The standard InChI is InChI=1S/C24H26S2Si/c1-27(2,24-16-10-5-11-17-24)20-23(26-22-14-8-4-9-15-22)18-19-25-21-12-6-3-7-13-21/h3-19,23H,20H2,1-2H3/b19-18+. The van der Waals surface area contributed by atoms with E-state index in [1.807, 2.05) is 11.8 Å². The lowest BCUT2D eigenvalue weighted by Crippen LogP contribution is -2.43. The summed E-state index contributed by atoms with van der Waals surface area (Å²) in [6.45, 7) is 4.97. The highest BCUT2D eigenvalue weighted by atomic mass is 32.2. The van der Waals surface area contributed by atoms with Gasteiger partial charge in [-0.3, -0.25) is 0 Å². The summed E-state index contributed by atoms with van der Waals surface area (Å²) in [6, 6.07) is 33.6. The molecule has 27 heavy (non-hydrogen) atoms. The molecule has 3 rings (SSSR count). The van der Waals surface area contributed by atoms with E-state index >= 15 is 0 Å². The van der Waals surface area contributed by atoms with Crippen LogP contribution in [-0.2, 0) is 0 Å². The Kier molecular flexibility index (Phi) is 7.45. The van der Waals surface area contributed by atoms with Crippen molar-refractivity contribution in [2.24, 2.45) is 0 Å². The summed E-state index contributed by atoms with van der Waals surface area (Å²) in [5.74, 6) is 0. The fourth-order valence-electron chi connectivity index (χ4n) is 3.04. The lowest BCUT2D eigenvalue weighted by atomic mass is 10.4. The number of hydrogen-bond acceptors (Lipinski definition) is 2. The Morgan fingerprint density at radius 2 is 1.26 bits per heavy atom. The predicted molar refractivity (Wildman–Crippen MR) is 126 cm³/mol. The van der Waals surface area contributed by atoms with Gasteiger partial charge in [-0.15, -0.1) is 11.8 Å². The van der Waals surface area contributed by atoms with Crippen molar-refractivity contribution in [2.75, 3.05) is 0 Å². The predicted octanol–water partition coefficient (Wildman–Crippen LogP) is 7.07. The first-order valence-electron chi connectivity index (χ1n) is 9.29. The summed E-state index contributed by atoms with van der Waals surface area (Å²) in [6.07, 6.45) is 2.40. The van der Waals surface area contributed by atoms with Gasteiger partial charge < -0.3 is 0 Å². The Balaban J connectivity index is 1.74. The van der Waals surface area contributed by atoms with Crippen LogP contribution in [0.5, 0.6) is 0 Å². The maximum absolute atomic E-state index is 2.49. The lowest BCUT2D eigenvalue weighted by molar-refractivity contribution is 1.18. The highest BCUT2D eigenvalue weighted by Gasteiger charge is 2.27. The van der Waals surface area contributed by atoms with E-state index in [0.29, 0.717) is 5.25 Å². The fourth-order valence-corrected chi connectivity index (χ4v) is 8.75. The minimum atomic E-state index is -1.51. The van der Waals surface area contributed by atoms with Gasteiger partial charge in [0.1, 0.15) is 0 Å². The molecule has 0 aliphatic carbocycles. The van der Waals surface area contributed by atoms with Crippen LogP contribution >= 0.6 is 23.5 Å². The van der Waals surface area contributed by atoms with Gasteiger partial charge in [0.2, 0.25) is 0 Å². The highest BCUT2D eigenvalue weighted by molar-refractivity contribution is 8.02. The summed E-state index contributed by atoms with van der Waals surface area (Å²) in [5.41, 5.74) is 0. The molecule has 0 aromatic heterocycles. The van der Waals surface area contributed by atoms with Crippen LogP contribution in [0.1, 0.15) is 0 Å². The third-order valence-corrected chi connectivity index (χ3v) is 10.2. The lowest BCUT2D eigenvalue weighted by Gasteiger charge is -2.27. The first kappa shape index (κ1) is 20.1. The highest BCUT2D eigenvalue weighted by Crippen LogP contribution is 2.31. The number of hydrogen-bond donors (Lipinski definition) is 0. The normalized spacial score (nSPS) is 13.0. The largest absolute Gasteiger partial charge is 0.119 e. The van der Waals surface area contributed by atoms with E-state index in [2.05, 4.69) is 116 Å². The van der Waals surface area contributed by atoms with Gasteiger partial charge in [0.05, 0.1) is 8.07 Å². The van der Waals surface area contributed by atoms with Gasteiger partial charge in [0.15, 0.2) is 0 Å². The first-order valence-corrected chi connectivity index (χ1v) is 14.3. The SMILES string of the molecule is C[Si](C)(CC(/C=C/Sc1ccccc1)Sc1ccccc1)c1ccccc1. The molecular weight excluding hydrogens is 380 g/mol. The van der Waals surface area contributed by atoms with Crippen molar-refractivity contribution in [1.82, 2.24) is 0 Å². The molecule has 0 heterocycles. The maximum Gasteiger partial charge on any atom is 0.0820 e. The number of rotatable bonds is 8. The molecule has 3 aromatic rings. The minimum absolute atomic E-state index is 0.477. The molecule has 138 valence electrons. The zero-order valence-corrected chi connectivity index (χ0v) is 18.5. The summed E-state index contributed by atoms with van der Waals surface area (Å²) in [5, 5.41) is 4.28. The van der Waals surface area contributed by atoms with Crippen LogP contribution in [0, 0.1) is 0 Å². The van der Waals surface area contributed by atoms with Gasteiger partial charge in [-0.1, -0.05) is 103 Å². The van der Waals surface area contributed by atoms with E-state index in [4.69, 9.17) is 0 Å². The van der Waals surface area contributed by atoms with Crippen molar-refractivity contribution >= 4 is 36.8 Å². The van der Waals surface area contributed by atoms with Crippen molar-refractivity contribution in [2.45, 2.75) is 34.2 Å². The third-order valence-electron chi connectivity index (χ3n) is 4.54. The summed E-state index contributed by atoms with van der Waals surface area (Å²) < 4.78 is 0. The van der Waals surface area contributed by atoms with Crippen LogP contribution < -0.4 is 5.19 Å². The van der Waals surface area contributed by atoms with Gasteiger partial charge in [-0.25, -0.2) is 0 Å². The topological polar surface area (TPSA) is 0 Å². The van der Waals surface area contributed by atoms with Gasteiger partial charge in [0.25, 0.3) is 0 Å². The molecule has 0 N–H and O–H groups in total. The number of thioether (sulfide) groups is 2. The Hall–Kier alpha value is -1.68. The Morgan fingerprint density at radius 3 is 1.85 bits per heavy atom. The zero-order valence-electron chi connectivity index (χ0n) is 15.9. The Labute approximate surface area is 173 Å². The molecule has 0 spiro atoms. The Morgan fingerprint density at radius 1 is 0.741 bits per heavy atom. The van der Waals surface area contributed by atoms with Crippen molar-refractivity contribution in [3.63, 3.8) is 0 Å². The van der Waals surface area contributed by atoms with Crippen LogP contribution in [0.2, 0.25) is 19.1 Å². The van der Waals surface area contributed by atoms with Crippen molar-refractivity contribution < 1.29 is 0 Å². The Bertz CT molecular complexity index is 830. The molecular formula is C24H26S2Si. The molecule has 0 saturated heterocycles. The molecule has 1 atom stereocenters. The van der Waals surface area contributed by atoms with E-state index in [-0.39, 0.29) is 0 Å². The molecule has 0 bridgehead atoms. The smallest absolute Gasteiger partial charge is 0.0820 e. The van der Waals surface area contributed by atoms with E-state index < -0.39 is 8.07 Å². The molecule has 0 aliphatic rings. The van der Waals surface area contributed by atoms with Crippen LogP contribution in [-0.4, -0.2) is 13.3 Å². The van der Waals surface area contributed by atoms with E-state index in [1.165, 1.54) is 21.0 Å². The molecule has 0 aliphatic heterocycles. The van der Waals surface area contributed by atoms with E-state index in [1.54, 1.807) is 11.8 Å². The van der Waals surface area contributed by atoms with Gasteiger partial charge in [-0.2, -0.15) is 0 Å². The van der Waals surface area contributed by atoms with Gasteiger partial charge in [0, 0.05) is 15.0 Å². The minimum Gasteiger partial charge on any atom is -0.119 e. The van der Waals surface area contributed by atoms with E-state index in [9.17, 15) is 0 Å². The van der Waals surface area contributed by atoms with Crippen LogP contribution in [0.4, 0.5) is 0 Å². The van der Waals surface area contributed by atoms with Crippen LogP contribution in [0.3, 0.4) is 0 Å². The molecule has 3 aromatic carbocycles. The number of benzene rings is 3. The average Bonchev–Trinajstić information content (AvgIpc) is 2.70. The van der Waals surface area contributed by atoms with E-state index in [0.717, 1.165) is 0 Å². The third kappa shape index (κ3) is 6.45. The summed E-state index contributed by atoms with van der Waals surface area (Å²) >= 11 is 3.78. The first-order chi connectivity index (χ1) is 13.1. The molecule has 0 nitrogen and oxygen atoms in total. The van der Waals surface area contributed by atoms with Crippen molar-refractivity contribution in [3.8, 4) is 0 Å². The molecule has 1 unspecified atom stereocenters. The average molecular weight is 407 g/mol. The molecule has 3 heteroatoms. The quantitative estimate of drug-likeness (QED) is 0.290. The monoisotopic (exact) mass is 406 g/mol. The summed E-state index contributed by atoms with van der Waals surface area (Å²) in [7, 11) is -1.51. The van der Waals surface area contributed by atoms with Crippen LogP contribution in [0.25, 0.3) is 0 Å². The zero-order chi connectivity index (χ0) is 19.0. The molecule has 0 radical (unpaired) electrons. The van der Waals surface area contributed by atoms with Crippen molar-refractivity contribution in [1.29, 1.82) is 0 Å². The van der Waals surface area contributed by atoms with Gasteiger partial charge >= 0.3 is 0 Å². The molecule has 0 fully saturated rings.